The maximum atomic E-state index is 12.3. The molecule has 31 heavy (non-hydrogen) atoms. The number of anilines is 3. The Morgan fingerprint density at radius 2 is 1.52 bits per heavy atom. The van der Waals surface area contributed by atoms with Crippen molar-refractivity contribution in [3.8, 4) is 0 Å². The number of carboxylic acid groups (broad SMARTS) is 1. The van der Waals surface area contributed by atoms with Crippen molar-refractivity contribution in [2.75, 3.05) is 48.3 Å². The second-order valence-corrected chi connectivity index (χ2v) is 7.62. The standard InChI is InChI=1S/C23H28N4O4/c1-3-21(28)25-18-8-9-20(19(14-18)23(30)31)27-12-10-26(11-13-27)15-22(29)24-17-6-4-16(2)5-7-17/h4-9,14H,3,10-13,15H2,1-2H3,(H,24,29)(H,25,28)(H,30,31). The third-order valence-corrected chi connectivity index (χ3v) is 5.25. The van der Waals surface area contributed by atoms with Crippen LogP contribution in [-0.2, 0) is 9.59 Å². The van der Waals surface area contributed by atoms with Gasteiger partial charge in [0, 0.05) is 44.0 Å². The Balaban J connectivity index is 1.58. The maximum absolute atomic E-state index is 12.3. The molecule has 2 amide bonds. The van der Waals surface area contributed by atoms with E-state index in [1.165, 1.54) is 6.07 Å². The maximum Gasteiger partial charge on any atom is 0.337 e. The molecule has 2 aromatic carbocycles. The van der Waals surface area contributed by atoms with Crippen LogP contribution in [0.2, 0.25) is 0 Å². The van der Waals surface area contributed by atoms with Crippen molar-refractivity contribution < 1.29 is 19.5 Å². The van der Waals surface area contributed by atoms with E-state index in [0.29, 0.717) is 44.0 Å². The van der Waals surface area contributed by atoms with Crippen LogP contribution in [0.25, 0.3) is 0 Å². The second kappa shape index (κ2) is 10.1. The first kappa shape index (κ1) is 22.3. The highest BCUT2D eigenvalue weighted by atomic mass is 16.4. The molecule has 164 valence electrons. The molecule has 1 saturated heterocycles. The van der Waals surface area contributed by atoms with Crippen molar-refractivity contribution in [3.05, 3.63) is 53.6 Å². The van der Waals surface area contributed by atoms with Gasteiger partial charge in [-0.3, -0.25) is 14.5 Å². The van der Waals surface area contributed by atoms with Gasteiger partial charge < -0.3 is 20.6 Å². The van der Waals surface area contributed by atoms with Gasteiger partial charge in [-0.2, -0.15) is 0 Å². The summed E-state index contributed by atoms with van der Waals surface area (Å²) in [4.78, 5) is 39.8. The molecule has 2 aromatic rings. The number of nitrogens with zero attached hydrogens (tertiary/aromatic N) is 2. The quantitative estimate of drug-likeness (QED) is 0.632. The lowest BCUT2D eigenvalue weighted by Gasteiger charge is -2.36. The Hall–Kier alpha value is -3.39. The number of aryl methyl sites for hydroxylation is 1. The lowest BCUT2D eigenvalue weighted by Crippen LogP contribution is -2.49. The SMILES string of the molecule is CCC(=O)Nc1ccc(N2CCN(CC(=O)Nc3ccc(C)cc3)CC2)c(C(=O)O)c1. The van der Waals surface area contributed by atoms with Gasteiger partial charge >= 0.3 is 5.97 Å². The predicted octanol–water partition coefficient (Wildman–Crippen LogP) is 2.80. The summed E-state index contributed by atoms with van der Waals surface area (Å²) >= 11 is 0. The predicted molar refractivity (Wildman–Crippen MR) is 121 cm³/mol. The van der Waals surface area contributed by atoms with Crippen molar-refractivity contribution in [1.29, 1.82) is 0 Å². The van der Waals surface area contributed by atoms with Gasteiger partial charge in [0.15, 0.2) is 0 Å². The molecular weight excluding hydrogens is 396 g/mol. The molecule has 0 spiro atoms. The minimum Gasteiger partial charge on any atom is -0.478 e. The van der Waals surface area contributed by atoms with E-state index in [1.54, 1.807) is 19.1 Å². The molecular formula is C23H28N4O4. The monoisotopic (exact) mass is 424 g/mol. The zero-order chi connectivity index (χ0) is 22.4. The fourth-order valence-corrected chi connectivity index (χ4v) is 3.50. The van der Waals surface area contributed by atoms with Gasteiger partial charge in [-0.1, -0.05) is 24.6 Å². The van der Waals surface area contributed by atoms with Gasteiger partial charge in [-0.15, -0.1) is 0 Å². The average molecular weight is 425 g/mol. The molecule has 8 nitrogen and oxygen atoms in total. The van der Waals surface area contributed by atoms with Crippen LogP contribution in [-0.4, -0.2) is 60.5 Å². The van der Waals surface area contributed by atoms with Crippen LogP contribution in [0.4, 0.5) is 17.1 Å². The van der Waals surface area contributed by atoms with E-state index in [-0.39, 0.29) is 23.9 Å². The molecule has 3 rings (SSSR count). The highest BCUT2D eigenvalue weighted by molar-refractivity contribution is 5.98. The number of hydrogen-bond acceptors (Lipinski definition) is 5. The molecule has 0 atom stereocenters. The number of carbonyl (C=O) groups is 3. The number of nitrogens with one attached hydrogen (secondary N) is 2. The molecule has 1 heterocycles. The summed E-state index contributed by atoms with van der Waals surface area (Å²) in [5.74, 6) is -1.27. The Morgan fingerprint density at radius 3 is 2.13 bits per heavy atom. The van der Waals surface area contributed by atoms with Gasteiger partial charge in [0.2, 0.25) is 11.8 Å². The summed E-state index contributed by atoms with van der Waals surface area (Å²) in [6.07, 6.45) is 0.323. The summed E-state index contributed by atoms with van der Waals surface area (Å²) in [6, 6.07) is 12.6. The van der Waals surface area contributed by atoms with E-state index in [0.717, 1.165) is 11.3 Å². The molecule has 1 aliphatic heterocycles. The summed E-state index contributed by atoms with van der Waals surface area (Å²) in [5, 5.41) is 15.2. The Labute approximate surface area is 181 Å². The van der Waals surface area contributed by atoms with Crippen molar-refractivity contribution in [2.24, 2.45) is 0 Å². The second-order valence-electron chi connectivity index (χ2n) is 7.62. The minimum atomic E-state index is -1.04. The number of piperazine rings is 1. The topological polar surface area (TPSA) is 102 Å². The van der Waals surface area contributed by atoms with E-state index in [4.69, 9.17) is 0 Å². The van der Waals surface area contributed by atoms with E-state index in [2.05, 4.69) is 15.5 Å². The lowest BCUT2D eigenvalue weighted by molar-refractivity contribution is -0.117. The van der Waals surface area contributed by atoms with E-state index < -0.39 is 5.97 Å². The average Bonchev–Trinajstić information content (AvgIpc) is 2.75. The highest BCUT2D eigenvalue weighted by Crippen LogP contribution is 2.26. The summed E-state index contributed by atoms with van der Waals surface area (Å²) in [7, 11) is 0. The van der Waals surface area contributed by atoms with Gasteiger partial charge in [-0.05, 0) is 37.3 Å². The van der Waals surface area contributed by atoms with E-state index >= 15 is 0 Å². The number of hydrogen-bond donors (Lipinski definition) is 3. The first-order valence-corrected chi connectivity index (χ1v) is 10.4. The van der Waals surface area contributed by atoms with Crippen LogP contribution in [0, 0.1) is 6.92 Å². The zero-order valence-electron chi connectivity index (χ0n) is 17.9. The van der Waals surface area contributed by atoms with Crippen LogP contribution in [0.15, 0.2) is 42.5 Å². The normalized spacial score (nSPS) is 14.2. The molecule has 0 aliphatic carbocycles. The van der Waals surface area contributed by atoms with Crippen LogP contribution in [0.3, 0.4) is 0 Å². The van der Waals surface area contributed by atoms with Gasteiger partial charge in [0.1, 0.15) is 0 Å². The fourth-order valence-electron chi connectivity index (χ4n) is 3.50. The molecule has 0 saturated carbocycles. The molecule has 1 aliphatic rings. The van der Waals surface area contributed by atoms with Gasteiger partial charge in [0.25, 0.3) is 0 Å². The van der Waals surface area contributed by atoms with Crippen LogP contribution in [0.1, 0.15) is 29.3 Å². The number of benzene rings is 2. The summed E-state index contributed by atoms with van der Waals surface area (Å²) in [5.41, 5.74) is 3.15. The van der Waals surface area contributed by atoms with Crippen LogP contribution < -0.4 is 15.5 Å². The van der Waals surface area contributed by atoms with Crippen molar-refractivity contribution in [3.63, 3.8) is 0 Å². The van der Waals surface area contributed by atoms with Crippen LogP contribution in [0.5, 0.6) is 0 Å². The third-order valence-electron chi connectivity index (χ3n) is 5.25. The Morgan fingerprint density at radius 1 is 0.903 bits per heavy atom. The number of amides is 2. The largest absolute Gasteiger partial charge is 0.478 e. The zero-order valence-corrected chi connectivity index (χ0v) is 17.9. The van der Waals surface area contributed by atoms with Gasteiger partial charge in [-0.25, -0.2) is 4.79 Å². The first-order valence-electron chi connectivity index (χ1n) is 10.4. The molecule has 0 bridgehead atoms. The number of carboxylic acids is 1. The third kappa shape index (κ3) is 6.05. The van der Waals surface area contributed by atoms with Crippen LogP contribution >= 0.6 is 0 Å². The lowest BCUT2D eigenvalue weighted by atomic mass is 10.1. The van der Waals surface area contributed by atoms with E-state index in [1.807, 2.05) is 36.1 Å². The molecule has 3 N–H and O–H groups in total. The molecule has 0 aromatic heterocycles. The highest BCUT2D eigenvalue weighted by Gasteiger charge is 2.23. The fraction of sp³-hybridized carbons (Fsp3) is 0.348. The smallest absolute Gasteiger partial charge is 0.337 e. The molecule has 0 radical (unpaired) electrons. The summed E-state index contributed by atoms with van der Waals surface area (Å²) in [6.45, 7) is 6.54. The summed E-state index contributed by atoms with van der Waals surface area (Å²) < 4.78 is 0. The van der Waals surface area contributed by atoms with Crippen molar-refractivity contribution in [1.82, 2.24) is 4.90 Å². The number of rotatable bonds is 7. The number of carbonyl (C=O) groups excluding carboxylic acids is 2. The molecule has 0 unspecified atom stereocenters. The molecule has 1 fully saturated rings. The van der Waals surface area contributed by atoms with Crippen molar-refractivity contribution >= 4 is 34.8 Å². The van der Waals surface area contributed by atoms with Gasteiger partial charge in [0.05, 0.1) is 17.8 Å². The first-order chi connectivity index (χ1) is 14.9. The molecule has 8 heteroatoms. The number of aromatic carboxylic acids is 1. The van der Waals surface area contributed by atoms with Crippen molar-refractivity contribution in [2.45, 2.75) is 20.3 Å². The Kier molecular flexibility index (Phi) is 7.25. The van der Waals surface area contributed by atoms with E-state index in [9.17, 15) is 19.5 Å². The Bertz CT molecular complexity index is 951. The minimum absolute atomic E-state index is 0.0699.